The molecular weight excluding hydrogens is 282 g/mol. The molecule has 0 radical (unpaired) electrons. The highest BCUT2D eigenvalue weighted by molar-refractivity contribution is 7.07. The molecule has 0 aliphatic rings. The molecule has 0 fully saturated rings. The summed E-state index contributed by atoms with van der Waals surface area (Å²) in [7, 11) is 3.34. The smallest absolute Gasteiger partial charge is 0.160 e. The van der Waals surface area contributed by atoms with Crippen molar-refractivity contribution in [2.24, 2.45) is 0 Å². The average molecular weight is 305 g/mol. The first-order valence-corrected chi connectivity index (χ1v) is 8.19. The topological polar surface area (TPSA) is 30.5 Å². The molecule has 3 nitrogen and oxygen atoms in total. The number of ether oxygens (including phenoxy) is 2. The Morgan fingerprint density at radius 2 is 1.95 bits per heavy atom. The van der Waals surface area contributed by atoms with Gasteiger partial charge in [-0.1, -0.05) is 13.0 Å². The first-order chi connectivity index (χ1) is 10.3. The Hall–Kier alpha value is -1.52. The molecule has 0 aliphatic carbocycles. The van der Waals surface area contributed by atoms with E-state index in [1.807, 2.05) is 6.07 Å². The molecule has 0 amide bonds. The fourth-order valence-electron chi connectivity index (χ4n) is 2.34. The third kappa shape index (κ3) is 4.22. The van der Waals surface area contributed by atoms with Gasteiger partial charge in [-0.3, -0.25) is 0 Å². The minimum atomic E-state index is 0.342. The molecule has 114 valence electrons. The SMILES string of the molecule is CCCNC(Cc1ccc(OC)c(OC)c1)c1ccsc1. The van der Waals surface area contributed by atoms with E-state index in [1.54, 1.807) is 25.6 Å². The van der Waals surface area contributed by atoms with Crippen LogP contribution < -0.4 is 14.8 Å². The molecule has 0 saturated carbocycles. The number of nitrogens with one attached hydrogen (secondary N) is 1. The monoisotopic (exact) mass is 305 g/mol. The fourth-order valence-corrected chi connectivity index (χ4v) is 3.06. The van der Waals surface area contributed by atoms with Crippen molar-refractivity contribution < 1.29 is 9.47 Å². The zero-order chi connectivity index (χ0) is 15.1. The van der Waals surface area contributed by atoms with Crippen LogP contribution in [0.1, 0.15) is 30.5 Å². The molecule has 0 spiro atoms. The summed E-state index contributed by atoms with van der Waals surface area (Å²) in [5.74, 6) is 1.56. The maximum atomic E-state index is 5.39. The number of hydrogen-bond acceptors (Lipinski definition) is 4. The van der Waals surface area contributed by atoms with Gasteiger partial charge in [0.05, 0.1) is 14.2 Å². The second-order valence-electron chi connectivity index (χ2n) is 4.96. The molecule has 1 aromatic carbocycles. The number of thiophene rings is 1. The van der Waals surface area contributed by atoms with Crippen molar-refractivity contribution in [2.75, 3.05) is 20.8 Å². The molecule has 4 heteroatoms. The van der Waals surface area contributed by atoms with E-state index in [9.17, 15) is 0 Å². The van der Waals surface area contributed by atoms with Crippen LogP contribution in [-0.4, -0.2) is 20.8 Å². The second kappa shape index (κ2) is 8.05. The Bertz CT molecular complexity index is 540. The van der Waals surface area contributed by atoms with Gasteiger partial charge in [0.25, 0.3) is 0 Å². The molecule has 1 atom stereocenters. The van der Waals surface area contributed by atoms with Crippen molar-refractivity contribution in [1.29, 1.82) is 0 Å². The van der Waals surface area contributed by atoms with Crippen LogP contribution in [0.2, 0.25) is 0 Å². The summed E-state index contributed by atoms with van der Waals surface area (Å²) in [5, 5.41) is 7.97. The van der Waals surface area contributed by atoms with E-state index in [4.69, 9.17) is 9.47 Å². The third-order valence-corrected chi connectivity index (χ3v) is 4.18. The van der Waals surface area contributed by atoms with Crippen LogP contribution in [-0.2, 0) is 6.42 Å². The van der Waals surface area contributed by atoms with Gasteiger partial charge in [-0.15, -0.1) is 0 Å². The summed E-state index contributed by atoms with van der Waals surface area (Å²) >= 11 is 1.74. The average Bonchev–Trinajstić information content (AvgIpc) is 3.05. The predicted octanol–water partition coefficient (Wildman–Crippen LogP) is 4.05. The van der Waals surface area contributed by atoms with Gasteiger partial charge in [0, 0.05) is 6.04 Å². The summed E-state index contributed by atoms with van der Waals surface area (Å²) in [6, 6.07) is 8.67. The van der Waals surface area contributed by atoms with Crippen LogP contribution in [0.4, 0.5) is 0 Å². The molecule has 0 bridgehead atoms. The van der Waals surface area contributed by atoms with Gasteiger partial charge in [0.2, 0.25) is 0 Å². The molecule has 1 unspecified atom stereocenters. The van der Waals surface area contributed by atoms with Gasteiger partial charge in [-0.2, -0.15) is 11.3 Å². The molecule has 1 N–H and O–H groups in total. The summed E-state index contributed by atoms with van der Waals surface area (Å²) in [6.45, 7) is 3.21. The molecule has 21 heavy (non-hydrogen) atoms. The molecule has 1 aromatic heterocycles. The van der Waals surface area contributed by atoms with E-state index >= 15 is 0 Å². The summed E-state index contributed by atoms with van der Waals surface area (Å²) in [4.78, 5) is 0. The van der Waals surface area contributed by atoms with Crippen molar-refractivity contribution in [3.05, 3.63) is 46.2 Å². The first-order valence-electron chi connectivity index (χ1n) is 7.24. The van der Waals surface area contributed by atoms with Crippen LogP contribution in [0.15, 0.2) is 35.0 Å². The minimum Gasteiger partial charge on any atom is -0.493 e. The highest BCUT2D eigenvalue weighted by atomic mass is 32.1. The quantitative estimate of drug-likeness (QED) is 0.798. The summed E-state index contributed by atoms with van der Waals surface area (Å²) in [5.41, 5.74) is 2.59. The molecule has 2 aromatic rings. The Morgan fingerprint density at radius 3 is 2.57 bits per heavy atom. The van der Waals surface area contributed by atoms with Crippen molar-refractivity contribution in [3.63, 3.8) is 0 Å². The van der Waals surface area contributed by atoms with Gasteiger partial charge >= 0.3 is 0 Å². The normalized spacial score (nSPS) is 12.1. The lowest BCUT2D eigenvalue weighted by Crippen LogP contribution is -2.23. The second-order valence-corrected chi connectivity index (χ2v) is 5.74. The zero-order valence-electron chi connectivity index (χ0n) is 12.9. The van der Waals surface area contributed by atoms with E-state index in [0.717, 1.165) is 30.9 Å². The van der Waals surface area contributed by atoms with Crippen molar-refractivity contribution >= 4 is 11.3 Å². The highest BCUT2D eigenvalue weighted by Crippen LogP contribution is 2.30. The maximum absolute atomic E-state index is 5.39. The van der Waals surface area contributed by atoms with E-state index in [0.29, 0.717) is 6.04 Å². The molecule has 0 saturated heterocycles. The minimum absolute atomic E-state index is 0.342. The fraction of sp³-hybridized carbons (Fsp3) is 0.412. The lowest BCUT2D eigenvalue weighted by Gasteiger charge is -2.18. The zero-order valence-corrected chi connectivity index (χ0v) is 13.7. The van der Waals surface area contributed by atoms with E-state index in [1.165, 1.54) is 11.1 Å². The Balaban J connectivity index is 2.16. The van der Waals surface area contributed by atoms with Gasteiger partial charge in [0.1, 0.15) is 0 Å². The van der Waals surface area contributed by atoms with E-state index in [2.05, 4.69) is 41.2 Å². The van der Waals surface area contributed by atoms with E-state index < -0.39 is 0 Å². The Morgan fingerprint density at radius 1 is 1.14 bits per heavy atom. The highest BCUT2D eigenvalue weighted by Gasteiger charge is 2.13. The number of hydrogen-bond donors (Lipinski definition) is 1. The van der Waals surface area contributed by atoms with Gasteiger partial charge in [-0.05, 0) is 59.5 Å². The lowest BCUT2D eigenvalue weighted by atomic mass is 10.0. The van der Waals surface area contributed by atoms with Crippen molar-refractivity contribution in [1.82, 2.24) is 5.32 Å². The molecule has 1 heterocycles. The predicted molar refractivity (Wildman–Crippen MR) is 88.6 cm³/mol. The molecular formula is C17H23NO2S. The summed E-state index contributed by atoms with van der Waals surface area (Å²) < 4.78 is 10.7. The standard InChI is InChI=1S/C17H23NO2S/c1-4-8-18-15(14-7-9-21-12-14)10-13-5-6-16(19-2)17(11-13)20-3/h5-7,9,11-12,15,18H,4,8,10H2,1-3H3. The van der Waals surface area contributed by atoms with Gasteiger partial charge < -0.3 is 14.8 Å². The van der Waals surface area contributed by atoms with Gasteiger partial charge in [0.15, 0.2) is 11.5 Å². The molecule has 0 aliphatic heterocycles. The van der Waals surface area contributed by atoms with Gasteiger partial charge in [-0.25, -0.2) is 0 Å². The number of benzene rings is 1. The van der Waals surface area contributed by atoms with Crippen molar-refractivity contribution in [3.8, 4) is 11.5 Å². The Kier molecular flexibility index (Phi) is 6.08. The molecule has 2 rings (SSSR count). The van der Waals surface area contributed by atoms with Crippen LogP contribution in [0, 0.1) is 0 Å². The van der Waals surface area contributed by atoms with Crippen LogP contribution in [0.25, 0.3) is 0 Å². The van der Waals surface area contributed by atoms with Crippen molar-refractivity contribution in [2.45, 2.75) is 25.8 Å². The van der Waals surface area contributed by atoms with Crippen LogP contribution in [0.3, 0.4) is 0 Å². The first kappa shape index (κ1) is 15.9. The number of rotatable bonds is 8. The van der Waals surface area contributed by atoms with Crippen LogP contribution in [0.5, 0.6) is 11.5 Å². The third-order valence-electron chi connectivity index (χ3n) is 3.47. The largest absolute Gasteiger partial charge is 0.493 e. The maximum Gasteiger partial charge on any atom is 0.160 e. The Labute approximate surface area is 130 Å². The van der Waals surface area contributed by atoms with E-state index in [-0.39, 0.29) is 0 Å². The lowest BCUT2D eigenvalue weighted by molar-refractivity contribution is 0.354. The summed E-state index contributed by atoms with van der Waals surface area (Å²) in [6.07, 6.45) is 2.07. The van der Waals surface area contributed by atoms with Crippen LogP contribution >= 0.6 is 11.3 Å². The number of methoxy groups -OCH3 is 2.